The zero-order valence-corrected chi connectivity index (χ0v) is 12.6. The molecule has 1 aliphatic heterocycles. The van der Waals surface area contributed by atoms with Crippen molar-refractivity contribution in [1.29, 1.82) is 0 Å². The summed E-state index contributed by atoms with van der Waals surface area (Å²) in [5.41, 5.74) is 1.19. The van der Waals surface area contributed by atoms with E-state index in [-0.39, 0.29) is 0 Å². The van der Waals surface area contributed by atoms with E-state index >= 15 is 0 Å². The molecule has 0 spiro atoms. The van der Waals surface area contributed by atoms with Crippen LogP contribution in [0.25, 0.3) is 10.8 Å². The van der Waals surface area contributed by atoms with Crippen LogP contribution in [0.5, 0.6) is 0 Å². The number of anilines is 1. The summed E-state index contributed by atoms with van der Waals surface area (Å²) in [6.45, 7) is 2.25. The van der Waals surface area contributed by atoms with Gasteiger partial charge >= 0.3 is 0 Å². The second-order valence-electron chi connectivity index (χ2n) is 5.15. The molecule has 2 aromatic rings. The van der Waals surface area contributed by atoms with E-state index in [0.717, 1.165) is 13.1 Å². The van der Waals surface area contributed by atoms with Gasteiger partial charge in [-0.1, -0.05) is 24.3 Å². The van der Waals surface area contributed by atoms with Crippen molar-refractivity contribution in [3.05, 3.63) is 36.4 Å². The number of benzene rings is 2. The van der Waals surface area contributed by atoms with E-state index in [1.165, 1.54) is 34.2 Å². The highest BCUT2D eigenvalue weighted by Gasteiger charge is 2.13. The van der Waals surface area contributed by atoms with Crippen LogP contribution < -0.4 is 15.4 Å². The Bertz CT molecular complexity index is 579. The Morgan fingerprint density at radius 2 is 1.80 bits per heavy atom. The van der Waals surface area contributed by atoms with E-state index in [0.29, 0.717) is 6.04 Å². The molecule has 1 fully saturated rings. The molecule has 0 atom stereocenters. The number of hydrogen-bond donors (Lipinski definition) is 3. The van der Waals surface area contributed by atoms with Crippen molar-refractivity contribution >= 4 is 28.4 Å². The number of hydrogen-bond acceptors (Lipinski definition) is 4. The summed E-state index contributed by atoms with van der Waals surface area (Å²) in [4.78, 5) is 1.30. The van der Waals surface area contributed by atoms with Crippen LogP contribution in [-0.2, 0) is 0 Å². The maximum atomic E-state index is 3.62. The first-order valence-corrected chi connectivity index (χ1v) is 8.03. The van der Waals surface area contributed by atoms with E-state index in [2.05, 4.69) is 51.8 Å². The second-order valence-corrected chi connectivity index (χ2v) is 6.03. The van der Waals surface area contributed by atoms with Gasteiger partial charge in [0.1, 0.15) is 0 Å². The average Bonchev–Trinajstić information content (AvgIpc) is 2.53. The summed E-state index contributed by atoms with van der Waals surface area (Å²) >= 11 is 1.77. The highest BCUT2D eigenvalue weighted by atomic mass is 32.2. The van der Waals surface area contributed by atoms with Gasteiger partial charge in [0, 0.05) is 29.1 Å². The van der Waals surface area contributed by atoms with Gasteiger partial charge in [0.05, 0.1) is 0 Å². The van der Waals surface area contributed by atoms with Crippen LogP contribution in [0, 0.1) is 0 Å². The molecular weight excluding hydrogens is 266 g/mol. The Hall–Kier alpha value is -1.23. The highest BCUT2D eigenvalue weighted by Crippen LogP contribution is 2.31. The van der Waals surface area contributed by atoms with Crippen molar-refractivity contribution in [2.75, 3.05) is 25.5 Å². The van der Waals surface area contributed by atoms with Crippen LogP contribution in [0.3, 0.4) is 0 Å². The molecule has 0 radical (unpaired) electrons. The third kappa shape index (κ3) is 2.92. The molecule has 4 heteroatoms. The molecule has 3 nitrogen and oxygen atoms in total. The number of nitrogens with one attached hydrogen (secondary N) is 3. The Kier molecular flexibility index (Phi) is 4.45. The van der Waals surface area contributed by atoms with E-state index in [4.69, 9.17) is 0 Å². The van der Waals surface area contributed by atoms with Gasteiger partial charge in [-0.3, -0.25) is 4.72 Å². The van der Waals surface area contributed by atoms with Gasteiger partial charge in [0.25, 0.3) is 0 Å². The van der Waals surface area contributed by atoms with Crippen molar-refractivity contribution in [3.63, 3.8) is 0 Å². The van der Waals surface area contributed by atoms with E-state index in [1.54, 1.807) is 11.9 Å². The summed E-state index contributed by atoms with van der Waals surface area (Å²) in [5, 5.41) is 9.26. The summed E-state index contributed by atoms with van der Waals surface area (Å²) in [7, 11) is 1.97. The molecule has 3 N–H and O–H groups in total. The van der Waals surface area contributed by atoms with Crippen LogP contribution in [0.1, 0.15) is 12.8 Å². The van der Waals surface area contributed by atoms with Crippen molar-refractivity contribution in [2.24, 2.45) is 0 Å². The summed E-state index contributed by atoms with van der Waals surface area (Å²) in [5.74, 6) is 0. The van der Waals surface area contributed by atoms with E-state index < -0.39 is 0 Å². The molecule has 3 rings (SSSR count). The Morgan fingerprint density at radius 1 is 1.05 bits per heavy atom. The Labute approximate surface area is 124 Å². The smallest absolute Gasteiger partial charge is 0.0418 e. The maximum Gasteiger partial charge on any atom is 0.0418 e. The quantitative estimate of drug-likeness (QED) is 0.755. The van der Waals surface area contributed by atoms with Crippen molar-refractivity contribution < 1.29 is 0 Å². The van der Waals surface area contributed by atoms with Crippen LogP contribution in [-0.4, -0.2) is 26.2 Å². The Morgan fingerprint density at radius 3 is 2.55 bits per heavy atom. The van der Waals surface area contributed by atoms with Crippen LogP contribution in [0.2, 0.25) is 0 Å². The lowest BCUT2D eigenvalue weighted by Gasteiger charge is -2.23. The predicted octanol–water partition coefficient (Wildman–Crippen LogP) is 3.23. The fourth-order valence-corrected chi connectivity index (χ4v) is 3.62. The van der Waals surface area contributed by atoms with Gasteiger partial charge in [0.15, 0.2) is 0 Å². The maximum absolute atomic E-state index is 3.62. The first-order chi connectivity index (χ1) is 9.88. The molecule has 106 valence electrons. The molecule has 0 saturated carbocycles. The number of rotatable bonds is 4. The lowest BCUT2D eigenvalue weighted by molar-refractivity contribution is 0.439. The summed E-state index contributed by atoms with van der Waals surface area (Å²) in [6, 6.07) is 13.6. The summed E-state index contributed by atoms with van der Waals surface area (Å²) in [6.07, 6.45) is 2.42. The minimum atomic E-state index is 0.615. The molecule has 0 unspecified atom stereocenters. The van der Waals surface area contributed by atoms with E-state index in [1.807, 2.05) is 7.05 Å². The molecule has 1 heterocycles. The average molecular weight is 287 g/mol. The third-order valence-corrected chi connectivity index (χ3v) is 4.86. The molecule has 1 aliphatic rings. The van der Waals surface area contributed by atoms with Gasteiger partial charge < -0.3 is 10.6 Å². The van der Waals surface area contributed by atoms with Crippen LogP contribution in [0.15, 0.2) is 41.3 Å². The lowest BCUT2D eigenvalue weighted by Crippen LogP contribution is -2.37. The number of fused-ring (bicyclic) bond motifs is 1. The van der Waals surface area contributed by atoms with Crippen molar-refractivity contribution in [3.8, 4) is 0 Å². The topological polar surface area (TPSA) is 36.1 Å². The normalized spacial score (nSPS) is 16.4. The molecule has 20 heavy (non-hydrogen) atoms. The zero-order chi connectivity index (χ0) is 13.8. The zero-order valence-electron chi connectivity index (χ0n) is 11.8. The Balaban J connectivity index is 1.80. The monoisotopic (exact) mass is 287 g/mol. The fourth-order valence-electron chi connectivity index (χ4n) is 2.67. The molecule has 1 saturated heterocycles. The molecular formula is C16H21N3S. The van der Waals surface area contributed by atoms with Gasteiger partial charge in [-0.15, -0.1) is 0 Å². The molecule has 2 aromatic carbocycles. The SMILES string of the molecule is CNc1ccc(SNC2CCNCC2)c2ccccc12. The second kappa shape index (κ2) is 6.48. The van der Waals surface area contributed by atoms with Gasteiger partial charge in [0.2, 0.25) is 0 Å². The third-order valence-electron chi connectivity index (χ3n) is 3.83. The minimum absolute atomic E-state index is 0.615. The van der Waals surface area contributed by atoms with Crippen molar-refractivity contribution in [2.45, 2.75) is 23.8 Å². The van der Waals surface area contributed by atoms with Gasteiger partial charge in [-0.05, 0) is 55.4 Å². The largest absolute Gasteiger partial charge is 0.388 e. The molecule has 0 bridgehead atoms. The highest BCUT2D eigenvalue weighted by molar-refractivity contribution is 7.97. The first kappa shape index (κ1) is 13.7. The van der Waals surface area contributed by atoms with Gasteiger partial charge in [-0.2, -0.15) is 0 Å². The van der Waals surface area contributed by atoms with Crippen LogP contribution >= 0.6 is 11.9 Å². The van der Waals surface area contributed by atoms with Crippen LogP contribution in [0.4, 0.5) is 5.69 Å². The molecule has 0 aliphatic carbocycles. The minimum Gasteiger partial charge on any atom is -0.388 e. The standard InChI is InChI=1S/C16H21N3S/c1-17-15-6-7-16(14-5-3-2-4-13(14)15)20-19-12-8-10-18-11-9-12/h2-7,12,17-19H,8-11H2,1H3. The van der Waals surface area contributed by atoms with Gasteiger partial charge in [-0.25, -0.2) is 0 Å². The molecule has 0 aromatic heterocycles. The molecule has 0 amide bonds. The first-order valence-electron chi connectivity index (χ1n) is 7.21. The summed E-state index contributed by atoms with van der Waals surface area (Å²) < 4.78 is 3.62. The van der Waals surface area contributed by atoms with Crippen molar-refractivity contribution in [1.82, 2.24) is 10.0 Å². The predicted molar refractivity (Wildman–Crippen MR) is 88.4 cm³/mol. The number of piperidine rings is 1. The lowest BCUT2D eigenvalue weighted by atomic mass is 10.1. The fraction of sp³-hybridized carbons (Fsp3) is 0.375. The van der Waals surface area contributed by atoms with E-state index in [9.17, 15) is 0 Å².